The van der Waals surface area contributed by atoms with Gasteiger partial charge in [0.2, 0.25) is 11.8 Å². The summed E-state index contributed by atoms with van der Waals surface area (Å²) < 4.78 is 0. The lowest BCUT2D eigenvalue weighted by Gasteiger charge is -2.43. The number of nitrogen functional groups attached to an aromatic ring is 1. The van der Waals surface area contributed by atoms with Crippen LogP contribution in [0.2, 0.25) is 0 Å². The lowest BCUT2D eigenvalue weighted by Crippen LogP contribution is -2.57. The molecule has 176 valence electrons. The molecule has 5 aliphatic rings. The van der Waals surface area contributed by atoms with Crippen molar-refractivity contribution in [3.05, 3.63) is 17.3 Å². The van der Waals surface area contributed by atoms with Gasteiger partial charge in [0.05, 0.1) is 11.7 Å². The zero-order valence-electron chi connectivity index (χ0n) is 19.0. The number of hydrogen-bond donors (Lipinski definition) is 2. The van der Waals surface area contributed by atoms with Crippen LogP contribution >= 0.6 is 0 Å². The molecule has 0 radical (unpaired) electrons. The van der Waals surface area contributed by atoms with E-state index in [2.05, 4.69) is 21.0 Å². The molecule has 1 unspecified atom stereocenters. The number of nitrogens with two attached hydrogens (primary N) is 2. The fraction of sp³-hybridized carbons (Fsp3) is 0.667. The Hall–Kier alpha value is -2.84. The minimum atomic E-state index is -0.382. The van der Waals surface area contributed by atoms with E-state index < -0.39 is 0 Å². The highest BCUT2D eigenvalue weighted by molar-refractivity contribution is 5.82. The molecule has 3 aliphatic carbocycles. The number of amides is 2. The van der Waals surface area contributed by atoms with Crippen LogP contribution < -0.4 is 16.4 Å². The average Bonchev–Trinajstić information content (AvgIpc) is 3.66. The van der Waals surface area contributed by atoms with Gasteiger partial charge in [-0.2, -0.15) is 5.10 Å². The molecule has 9 heteroatoms. The van der Waals surface area contributed by atoms with E-state index in [1.165, 1.54) is 12.8 Å². The maximum absolute atomic E-state index is 12.9. The predicted molar refractivity (Wildman–Crippen MR) is 126 cm³/mol. The van der Waals surface area contributed by atoms with Gasteiger partial charge in [0, 0.05) is 55.8 Å². The number of hydrazone groups is 1. The van der Waals surface area contributed by atoms with Gasteiger partial charge in [-0.3, -0.25) is 14.6 Å². The quantitative estimate of drug-likeness (QED) is 0.644. The molecular formula is C24H33N7O2. The van der Waals surface area contributed by atoms with Gasteiger partial charge in [0.25, 0.3) is 0 Å². The van der Waals surface area contributed by atoms with E-state index in [9.17, 15) is 9.59 Å². The van der Waals surface area contributed by atoms with Gasteiger partial charge in [-0.1, -0.05) is 0 Å². The number of primary amides is 1. The summed E-state index contributed by atoms with van der Waals surface area (Å²) in [5.74, 6) is 2.27. The van der Waals surface area contributed by atoms with Crippen molar-refractivity contribution in [2.45, 2.75) is 56.4 Å². The molecule has 33 heavy (non-hydrogen) atoms. The zero-order chi connectivity index (χ0) is 22.7. The van der Waals surface area contributed by atoms with Crippen LogP contribution in [0.3, 0.4) is 0 Å². The minimum absolute atomic E-state index is 0.0658. The van der Waals surface area contributed by atoms with Crippen LogP contribution in [0.1, 0.15) is 61.6 Å². The molecule has 3 heterocycles. The molecule has 2 atom stereocenters. The van der Waals surface area contributed by atoms with Crippen molar-refractivity contribution in [3.8, 4) is 0 Å². The van der Waals surface area contributed by atoms with E-state index >= 15 is 0 Å². The monoisotopic (exact) mass is 451 g/mol. The van der Waals surface area contributed by atoms with Crippen LogP contribution in [0, 0.1) is 11.8 Å². The summed E-state index contributed by atoms with van der Waals surface area (Å²) in [7, 11) is 0. The van der Waals surface area contributed by atoms with Crippen molar-refractivity contribution in [1.29, 1.82) is 0 Å². The van der Waals surface area contributed by atoms with Crippen molar-refractivity contribution < 1.29 is 9.59 Å². The Balaban J connectivity index is 1.24. The first-order chi connectivity index (χ1) is 16.0. The maximum Gasteiger partial charge on any atom is 0.238 e. The fourth-order valence-corrected chi connectivity index (χ4v) is 5.47. The Morgan fingerprint density at radius 1 is 1.06 bits per heavy atom. The lowest BCUT2D eigenvalue weighted by atomic mass is 9.96. The standard InChI is InChI=1S/C24H33N7O2/c25-19-9-18(17-10-27-30(11-17)13-21(26)32)22(15-3-4-15)28-23(19)29-7-8-31(24(33)16-5-6-16)20(12-29)14-1-2-14/h9-10,14-17,20H,1-8,11-13,25H2,(H2,26,32)/t17?,20-/m0/s1. The molecule has 2 amide bonds. The fourth-order valence-electron chi connectivity index (χ4n) is 5.47. The highest BCUT2D eigenvalue weighted by atomic mass is 16.2. The van der Waals surface area contributed by atoms with E-state index in [0.29, 0.717) is 30.0 Å². The predicted octanol–water partition coefficient (Wildman–Crippen LogP) is 1.25. The number of anilines is 2. The van der Waals surface area contributed by atoms with E-state index in [1.54, 1.807) is 5.01 Å². The Labute approximate surface area is 194 Å². The maximum atomic E-state index is 12.9. The van der Waals surface area contributed by atoms with E-state index in [-0.39, 0.29) is 30.3 Å². The first kappa shape index (κ1) is 20.7. The van der Waals surface area contributed by atoms with Crippen LogP contribution in [-0.2, 0) is 9.59 Å². The van der Waals surface area contributed by atoms with Crippen molar-refractivity contribution in [3.63, 3.8) is 0 Å². The molecule has 4 fully saturated rings. The summed E-state index contributed by atoms with van der Waals surface area (Å²) in [6, 6.07) is 2.36. The molecule has 1 saturated heterocycles. The third-order valence-electron chi connectivity index (χ3n) is 7.70. The highest BCUT2D eigenvalue weighted by Gasteiger charge is 2.45. The number of carbonyl (C=O) groups is 2. The Morgan fingerprint density at radius 2 is 1.85 bits per heavy atom. The van der Waals surface area contributed by atoms with Gasteiger partial charge in [0.1, 0.15) is 6.54 Å². The number of aromatic nitrogens is 1. The Bertz CT molecular complexity index is 999. The summed E-state index contributed by atoms with van der Waals surface area (Å²) in [6.07, 6.45) is 8.71. The van der Waals surface area contributed by atoms with Crippen molar-refractivity contribution in [1.82, 2.24) is 14.9 Å². The summed E-state index contributed by atoms with van der Waals surface area (Å²) in [5, 5.41) is 6.08. The van der Waals surface area contributed by atoms with Gasteiger partial charge in [-0.25, -0.2) is 4.98 Å². The summed E-state index contributed by atoms with van der Waals surface area (Å²) >= 11 is 0. The third kappa shape index (κ3) is 4.13. The second-order valence-corrected chi connectivity index (χ2v) is 10.5. The molecule has 2 aliphatic heterocycles. The van der Waals surface area contributed by atoms with Crippen LogP contribution in [0.25, 0.3) is 0 Å². The van der Waals surface area contributed by atoms with E-state index in [4.69, 9.17) is 16.5 Å². The molecular weight excluding hydrogens is 418 g/mol. The highest BCUT2D eigenvalue weighted by Crippen LogP contribution is 2.45. The van der Waals surface area contributed by atoms with Gasteiger partial charge in [0.15, 0.2) is 5.82 Å². The molecule has 4 N–H and O–H groups in total. The summed E-state index contributed by atoms with van der Waals surface area (Å²) in [4.78, 5) is 33.8. The van der Waals surface area contributed by atoms with E-state index in [1.807, 2.05) is 6.21 Å². The summed E-state index contributed by atoms with van der Waals surface area (Å²) in [5.41, 5.74) is 14.9. The largest absolute Gasteiger partial charge is 0.396 e. The minimum Gasteiger partial charge on any atom is -0.396 e. The van der Waals surface area contributed by atoms with Crippen molar-refractivity contribution >= 4 is 29.5 Å². The van der Waals surface area contributed by atoms with Gasteiger partial charge < -0.3 is 21.3 Å². The topological polar surface area (TPSA) is 121 Å². The summed E-state index contributed by atoms with van der Waals surface area (Å²) in [6.45, 7) is 3.10. The van der Waals surface area contributed by atoms with Crippen LogP contribution in [0.15, 0.2) is 11.2 Å². The third-order valence-corrected chi connectivity index (χ3v) is 7.70. The van der Waals surface area contributed by atoms with Crippen LogP contribution in [0.5, 0.6) is 0 Å². The number of rotatable bonds is 7. The first-order valence-electron chi connectivity index (χ1n) is 12.4. The average molecular weight is 452 g/mol. The van der Waals surface area contributed by atoms with Crippen LogP contribution in [0.4, 0.5) is 11.5 Å². The normalized spacial score (nSPS) is 27.3. The molecule has 9 nitrogen and oxygen atoms in total. The Kier molecular flexibility index (Phi) is 4.96. The van der Waals surface area contributed by atoms with Gasteiger partial charge in [-0.15, -0.1) is 0 Å². The molecule has 1 aromatic rings. The molecule has 6 rings (SSSR count). The number of carbonyl (C=O) groups excluding carboxylic acids is 2. The molecule has 0 bridgehead atoms. The van der Waals surface area contributed by atoms with Crippen LogP contribution in [-0.4, -0.2) is 71.7 Å². The number of nitrogens with zero attached hydrogens (tertiary/aromatic N) is 5. The van der Waals surface area contributed by atoms with Gasteiger partial charge >= 0.3 is 0 Å². The van der Waals surface area contributed by atoms with Crippen molar-refractivity contribution in [2.24, 2.45) is 22.7 Å². The molecule has 1 aromatic heterocycles. The van der Waals surface area contributed by atoms with Crippen molar-refractivity contribution in [2.75, 3.05) is 43.4 Å². The number of pyridine rings is 1. The smallest absolute Gasteiger partial charge is 0.238 e. The Morgan fingerprint density at radius 3 is 2.52 bits per heavy atom. The number of piperazine rings is 1. The van der Waals surface area contributed by atoms with E-state index in [0.717, 1.165) is 62.4 Å². The molecule has 0 aromatic carbocycles. The SMILES string of the molecule is NC(=O)CN1CC(c2cc(N)c(N3CCN(C(=O)C4CC4)[C@H](C4CC4)C3)nc2C2CC2)C=N1. The molecule has 0 spiro atoms. The molecule has 3 saturated carbocycles. The second-order valence-electron chi connectivity index (χ2n) is 10.5. The second kappa shape index (κ2) is 7.88. The zero-order valence-corrected chi connectivity index (χ0v) is 19.0. The van der Waals surface area contributed by atoms with Gasteiger partial charge in [-0.05, 0) is 56.1 Å². The lowest BCUT2D eigenvalue weighted by molar-refractivity contribution is -0.135. The first-order valence-corrected chi connectivity index (χ1v) is 12.4. The number of hydrogen-bond acceptors (Lipinski definition) is 7.